The van der Waals surface area contributed by atoms with Crippen LogP contribution in [-0.2, 0) is 9.59 Å². The van der Waals surface area contributed by atoms with Crippen LogP contribution in [0.25, 0.3) is 6.08 Å². The van der Waals surface area contributed by atoms with Gasteiger partial charge in [0.05, 0.1) is 12.5 Å². The Balaban J connectivity index is 0.00000242. The fourth-order valence-electron chi connectivity index (χ4n) is 2.00. The van der Waals surface area contributed by atoms with E-state index in [0.29, 0.717) is 5.84 Å². The number of carboxylic acid groups (broad SMARTS) is 1. The first-order valence-electron chi connectivity index (χ1n) is 6.44. The summed E-state index contributed by atoms with van der Waals surface area (Å²) in [7, 11) is 3.89. The summed E-state index contributed by atoms with van der Waals surface area (Å²) in [6.45, 7) is 1.11. The van der Waals surface area contributed by atoms with Gasteiger partial charge in [0, 0.05) is 19.8 Å². The minimum absolute atomic E-state index is 0. The van der Waals surface area contributed by atoms with Crippen molar-refractivity contribution in [2.45, 2.75) is 6.92 Å². The molecule has 0 fully saturated rings. The third-order valence-corrected chi connectivity index (χ3v) is 3.14. The van der Waals surface area contributed by atoms with E-state index in [2.05, 4.69) is 4.99 Å². The van der Waals surface area contributed by atoms with Gasteiger partial charge in [-0.05, 0) is 30.7 Å². The van der Waals surface area contributed by atoms with Crippen LogP contribution in [0.15, 0.2) is 35.0 Å². The molecule has 7 heteroatoms. The quantitative estimate of drug-likeness (QED) is 0.442. The van der Waals surface area contributed by atoms with Gasteiger partial charge in [-0.2, -0.15) is 0 Å². The molecule has 110 valence electrons. The van der Waals surface area contributed by atoms with Gasteiger partial charge in [-0.3, -0.25) is 9.69 Å². The topological polar surface area (TPSA) is 76.0 Å². The number of amides is 1. The van der Waals surface area contributed by atoms with E-state index in [-0.39, 0.29) is 35.3 Å². The van der Waals surface area contributed by atoms with Crippen LogP contribution < -0.4 is 39.6 Å². The molecule has 0 saturated carbocycles. The van der Waals surface area contributed by atoms with E-state index >= 15 is 0 Å². The Kier molecular flexibility index (Phi) is 6.34. The summed E-state index contributed by atoms with van der Waals surface area (Å²) < 4.78 is 0. The van der Waals surface area contributed by atoms with Crippen LogP contribution in [0.3, 0.4) is 0 Å². The van der Waals surface area contributed by atoms with Gasteiger partial charge in [0.15, 0.2) is 0 Å². The summed E-state index contributed by atoms with van der Waals surface area (Å²) in [4.78, 5) is 29.9. The second kappa shape index (κ2) is 7.58. The van der Waals surface area contributed by atoms with Crippen LogP contribution in [0.4, 0.5) is 5.69 Å². The van der Waals surface area contributed by atoms with Crippen LogP contribution in [0.5, 0.6) is 0 Å². The van der Waals surface area contributed by atoms with Crippen LogP contribution in [0, 0.1) is 0 Å². The Bertz CT molecular complexity index is 636. The molecule has 0 saturated heterocycles. The molecule has 1 aliphatic rings. The van der Waals surface area contributed by atoms with Crippen molar-refractivity contribution in [3.05, 3.63) is 35.5 Å². The number of carbonyl (C=O) groups is 2. The predicted molar refractivity (Wildman–Crippen MR) is 78.6 cm³/mol. The van der Waals surface area contributed by atoms with Crippen molar-refractivity contribution in [2.24, 2.45) is 4.99 Å². The Morgan fingerprint density at radius 3 is 2.41 bits per heavy atom. The zero-order valence-corrected chi connectivity index (χ0v) is 15.2. The van der Waals surface area contributed by atoms with E-state index < -0.39 is 18.4 Å². The first kappa shape index (κ1) is 18.4. The number of hydrogen-bond donors (Lipinski definition) is 0. The largest absolute Gasteiger partial charge is 1.00 e. The monoisotopic (exact) mass is 309 g/mol. The number of amidine groups is 1. The zero-order valence-electron chi connectivity index (χ0n) is 13.2. The molecular formula is C15H16N3NaO3. The Morgan fingerprint density at radius 1 is 1.32 bits per heavy atom. The number of benzene rings is 1. The molecule has 1 aromatic rings. The number of aliphatic carboxylic acids is 1. The van der Waals surface area contributed by atoms with E-state index in [1.807, 2.05) is 43.3 Å². The molecule has 0 spiro atoms. The van der Waals surface area contributed by atoms with Gasteiger partial charge < -0.3 is 14.8 Å². The smallest absolute Gasteiger partial charge is 0.548 e. The first-order chi connectivity index (χ1) is 9.88. The minimum atomic E-state index is -1.31. The molecule has 22 heavy (non-hydrogen) atoms. The van der Waals surface area contributed by atoms with Crippen molar-refractivity contribution in [1.82, 2.24) is 4.90 Å². The van der Waals surface area contributed by atoms with Crippen LogP contribution in [0.1, 0.15) is 12.5 Å². The van der Waals surface area contributed by atoms with Gasteiger partial charge in [-0.1, -0.05) is 12.1 Å². The van der Waals surface area contributed by atoms with Crippen molar-refractivity contribution in [1.29, 1.82) is 0 Å². The summed E-state index contributed by atoms with van der Waals surface area (Å²) in [6, 6.07) is 7.62. The molecule has 0 aliphatic carbocycles. The SMILES string of the molecule is CC1=N/C(=C\c2ccc(N(C)C)cc2)C(=O)N1CC(=O)[O-].[Na+]. The van der Waals surface area contributed by atoms with Gasteiger partial charge in [-0.15, -0.1) is 0 Å². The van der Waals surface area contributed by atoms with Gasteiger partial charge in [0.1, 0.15) is 11.5 Å². The van der Waals surface area contributed by atoms with Crippen molar-refractivity contribution >= 4 is 29.5 Å². The molecule has 1 aromatic carbocycles. The Hall–Kier alpha value is -1.63. The normalized spacial score (nSPS) is 15.6. The van der Waals surface area contributed by atoms with Gasteiger partial charge in [0.2, 0.25) is 0 Å². The summed E-state index contributed by atoms with van der Waals surface area (Å²) in [5.41, 5.74) is 2.11. The van der Waals surface area contributed by atoms with Crippen molar-refractivity contribution < 1.29 is 44.3 Å². The molecule has 1 amide bonds. The first-order valence-corrected chi connectivity index (χ1v) is 6.44. The maximum Gasteiger partial charge on any atom is 1.00 e. The Morgan fingerprint density at radius 2 is 1.91 bits per heavy atom. The molecule has 0 N–H and O–H groups in total. The molecule has 0 aromatic heterocycles. The molecule has 0 radical (unpaired) electrons. The zero-order chi connectivity index (χ0) is 15.6. The molecule has 6 nitrogen and oxygen atoms in total. The maximum absolute atomic E-state index is 12.1. The minimum Gasteiger partial charge on any atom is -0.548 e. The molecule has 0 atom stereocenters. The average molecular weight is 309 g/mol. The van der Waals surface area contributed by atoms with Crippen LogP contribution in [-0.4, -0.2) is 43.3 Å². The summed E-state index contributed by atoms with van der Waals surface area (Å²) in [5, 5.41) is 10.6. The summed E-state index contributed by atoms with van der Waals surface area (Å²) in [6.07, 6.45) is 1.64. The number of rotatable bonds is 4. The fourth-order valence-corrected chi connectivity index (χ4v) is 2.00. The molecule has 1 heterocycles. The van der Waals surface area contributed by atoms with E-state index in [4.69, 9.17) is 0 Å². The molecule has 2 rings (SSSR count). The molecular weight excluding hydrogens is 293 g/mol. The van der Waals surface area contributed by atoms with E-state index in [1.165, 1.54) is 0 Å². The maximum atomic E-state index is 12.1. The van der Waals surface area contributed by atoms with Gasteiger partial charge >= 0.3 is 29.6 Å². The average Bonchev–Trinajstić information content (AvgIpc) is 2.67. The number of carboxylic acids is 1. The number of hydrogen-bond acceptors (Lipinski definition) is 5. The second-order valence-electron chi connectivity index (χ2n) is 4.94. The number of aliphatic imine (C=N–C) groups is 1. The van der Waals surface area contributed by atoms with E-state index in [9.17, 15) is 14.7 Å². The van der Waals surface area contributed by atoms with Crippen molar-refractivity contribution in [2.75, 3.05) is 25.5 Å². The molecule has 0 bridgehead atoms. The fraction of sp³-hybridized carbons (Fsp3) is 0.267. The van der Waals surface area contributed by atoms with Gasteiger partial charge in [0.25, 0.3) is 5.91 Å². The number of anilines is 1. The third-order valence-electron chi connectivity index (χ3n) is 3.14. The summed E-state index contributed by atoms with van der Waals surface area (Å²) >= 11 is 0. The second-order valence-corrected chi connectivity index (χ2v) is 4.94. The van der Waals surface area contributed by atoms with E-state index in [1.54, 1.807) is 13.0 Å². The predicted octanol–water partition coefficient (Wildman–Crippen LogP) is -2.89. The van der Waals surface area contributed by atoms with Crippen LogP contribution in [0.2, 0.25) is 0 Å². The van der Waals surface area contributed by atoms with Crippen LogP contribution >= 0.6 is 0 Å². The standard InChI is InChI=1S/C15H17N3O3.Na/c1-10-16-13(15(21)18(10)9-14(19)20)8-11-4-6-12(7-5-11)17(2)3;/h4-8H,9H2,1-3H3,(H,19,20);/q;+1/p-1/b13-8-;. The summed E-state index contributed by atoms with van der Waals surface area (Å²) in [5.74, 6) is -1.37. The van der Waals surface area contributed by atoms with Crippen molar-refractivity contribution in [3.63, 3.8) is 0 Å². The van der Waals surface area contributed by atoms with Crippen molar-refractivity contribution in [3.8, 4) is 0 Å². The number of carbonyl (C=O) groups excluding carboxylic acids is 2. The Labute approximate surface area is 151 Å². The molecule has 1 aliphatic heterocycles. The molecule has 0 unspecified atom stereocenters. The number of nitrogens with zero attached hydrogens (tertiary/aromatic N) is 3. The van der Waals surface area contributed by atoms with E-state index in [0.717, 1.165) is 16.2 Å². The third kappa shape index (κ3) is 4.19. The van der Waals surface area contributed by atoms with Gasteiger partial charge in [-0.25, -0.2) is 4.99 Å².